The maximum absolute atomic E-state index is 14.5. The highest BCUT2D eigenvalue weighted by molar-refractivity contribution is 6.15. The molecule has 20 heteroatoms. The summed E-state index contributed by atoms with van der Waals surface area (Å²) in [4.78, 5) is 101. The number of carbonyl (C=O) groups is 5. The molecule has 2 unspecified atom stereocenters. The Balaban J connectivity index is 0.860. The number of rotatable bonds is 23. The summed E-state index contributed by atoms with van der Waals surface area (Å²) in [6, 6.07) is 29.1. The van der Waals surface area contributed by atoms with Crippen LogP contribution in [0.1, 0.15) is 70.4 Å². The van der Waals surface area contributed by atoms with Gasteiger partial charge in [-0.1, -0.05) is 67.4 Å². The number of aromatic nitrogens is 2. The fourth-order valence-corrected chi connectivity index (χ4v) is 8.70. The van der Waals surface area contributed by atoms with Gasteiger partial charge in [0.2, 0.25) is 17.7 Å². The van der Waals surface area contributed by atoms with Gasteiger partial charge in [-0.25, -0.2) is 9.97 Å². The molecule has 0 aliphatic carbocycles. The summed E-state index contributed by atoms with van der Waals surface area (Å²) >= 11 is 0. The lowest BCUT2D eigenvalue weighted by atomic mass is 9.93. The van der Waals surface area contributed by atoms with Crippen LogP contribution in [0, 0.1) is 20.2 Å². The number of β-amino-alcohol motifs (C(OH)–C–C–N with tert-alkyl or cyclic N) is 1. The van der Waals surface area contributed by atoms with E-state index in [1.165, 1.54) is 77.0 Å². The Hall–Kier alpha value is -8.49. The topological polar surface area (TPSA) is 272 Å². The standard InChI is InChI=1S/C54H58N10O10/c65-46(35-61-25-23-40-12-7-8-13-41(40)32-61)30-57-53(69)47-29-49(59-36-58-47)56-31-51(67)55-24-9-2-1-6-14-50(66)60-48(28-37-10-4-3-5-11-37)54(70)62-33-42(26-38-15-19-44(20-16-38)63(71)72)52(68)43(34-62)27-39-17-21-45(22-18-39)64(73)74/h3-5,7-8,10-13,15-22,26-27,29,36,46,48,65H,1-2,6,9,14,23-25,28,30-35H2,(H,55,67)(H,57,69)(H,60,66)(H,56,58,59). The maximum Gasteiger partial charge on any atom is 0.270 e. The molecule has 2 aliphatic heterocycles. The Morgan fingerprint density at radius 3 is 2.00 bits per heavy atom. The summed E-state index contributed by atoms with van der Waals surface area (Å²) in [6.45, 7) is 2.11. The molecule has 3 heterocycles. The van der Waals surface area contributed by atoms with Crippen LogP contribution >= 0.6 is 0 Å². The van der Waals surface area contributed by atoms with Crippen molar-refractivity contribution in [2.45, 2.75) is 63.6 Å². The molecule has 74 heavy (non-hydrogen) atoms. The number of non-ortho nitro benzene ring substituents is 2. The molecule has 2 aliphatic rings. The predicted molar refractivity (Wildman–Crippen MR) is 276 cm³/mol. The van der Waals surface area contributed by atoms with E-state index in [0.717, 1.165) is 25.1 Å². The summed E-state index contributed by atoms with van der Waals surface area (Å²) in [5, 5.41) is 44.6. The highest BCUT2D eigenvalue weighted by Crippen LogP contribution is 2.26. The summed E-state index contributed by atoms with van der Waals surface area (Å²) in [5.41, 5.74) is 4.64. The molecular formula is C54H58N10O10. The number of likely N-dealkylation sites (tertiary alicyclic amines) is 1. The summed E-state index contributed by atoms with van der Waals surface area (Å²) in [7, 11) is 0. The number of ketones is 1. The van der Waals surface area contributed by atoms with E-state index >= 15 is 0 Å². The zero-order chi connectivity index (χ0) is 52.4. The minimum Gasteiger partial charge on any atom is -0.390 e. The lowest BCUT2D eigenvalue weighted by Gasteiger charge is -2.33. The van der Waals surface area contributed by atoms with Crippen molar-refractivity contribution >= 4 is 58.8 Å². The first-order chi connectivity index (χ1) is 35.8. The third-order valence-corrected chi connectivity index (χ3v) is 12.6. The van der Waals surface area contributed by atoms with Gasteiger partial charge in [0.15, 0.2) is 5.78 Å². The molecule has 0 radical (unpaired) electrons. The Labute approximate surface area is 427 Å². The number of carbonyl (C=O) groups excluding carboxylic acids is 5. The third kappa shape index (κ3) is 15.8. The molecule has 2 atom stereocenters. The van der Waals surface area contributed by atoms with Crippen LogP contribution in [-0.4, -0.2) is 122 Å². The number of fused-ring (bicyclic) bond motifs is 1. The second kappa shape index (κ2) is 26.3. The normalized spacial score (nSPS) is 15.4. The number of nitro benzene ring substituents is 2. The van der Waals surface area contributed by atoms with Crippen molar-refractivity contribution in [3.05, 3.63) is 180 Å². The zero-order valence-electron chi connectivity index (χ0n) is 40.7. The van der Waals surface area contributed by atoms with Crippen molar-refractivity contribution in [1.29, 1.82) is 0 Å². The van der Waals surface area contributed by atoms with Crippen molar-refractivity contribution in [2.24, 2.45) is 0 Å². The van der Waals surface area contributed by atoms with Crippen molar-refractivity contribution in [3.8, 4) is 0 Å². The number of amides is 4. The number of anilines is 1. The average molecular weight is 1010 g/mol. The minimum atomic E-state index is -0.998. The molecular weight excluding hydrogens is 949 g/mol. The number of aliphatic hydroxyl groups excluding tert-OH is 1. The van der Waals surface area contributed by atoms with Gasteiger partial charge in [0, 0.05) is 100 Å². The van der Waals surface area contributed by atoms with Crippen molar-refractivity contribution in [3.63, 3.8) is 0 Å². The van der Waals surface area contributed by atoms with Crippen molar-refractivity contribution < 1.29 is 38.9 Å². The van der Waals surface area contributed by atoms with Crippen LogP contribution in [0.4, 0.5) is 17.2 Å². The molecule has 5 N–H and O–H groups in total. The smallest absolute Gasteiger partial charge is 0.270 e. The number of nitrogens with zero attached hydrogens (tertiary/aromatic N) is 6. The number of nitro groups is 2. The van der Waals surface area contributed by atoms with E-state index in [4.69, 9.17) is 0 Å². The largest absolute Gasteiger partial charge is 0.390 e. The highest BCUT2D eigenvalue weighted by Gasteiger charge is 2.34. The molecule has 1 saturated heterocycles. The van der Waals surface area contributed by atoms with Crippen molar-refractivity contribution in [2.75, 3.05) is 51.1 Å². The van der Waals surface area contributed by atoms with E-state index in [9.17, 15) is 49.3 Å². The Kier molecular flexibility index (Phi) is 18.9. The van der Waals surface area contributed by atoms with Gasteiger partial charge in [-0.3, -0.25) is 49.1 Å². The molecule has 5 aromatic rings. The zero-order valence-corrected chi connectivity index (χ0v) is 40.7. The van der Waals surface area contributed by atoms with Crippen LogP contribution in [0.2, 0.25) is 0 Å². The van der Waals surface area contributed by atoms with Gasteiger partial charge in [-0.15, -0.1) is 0 Å². The Bertz CT molecular complexity index is 2800. The molecule has 4 amide bonds. The first kappa shape index (κ1) is 53.3. The van der Waals surface area contributed by atoms with Gasteiger partial charge in [0.05, 0.1) is 22.5 Å². The molecule has 7 rings (SSSR count). The number of nitrogens with one attached hydrogen (secondary N) is 4. The average Bonchev–Trinajstić information content (AvgIpc) is 3.40. The molecule has 1 fully saturated rings. The van der Waals surface area contributed by atoms with Gasteiger partial charge in [-0.05, 0) is 83.5 Å². The van der Waals surface area contributed by atoms with Gasteiger partial charge < -0.3 is 31.3 Å². The lowest BCUT2D eigenvalue weighted by Crippen LogP contribution is -2.52. The molecule has 1 aromatic heterocycles. The number of hydrogen-bond donors (Lipinski definition) is 5. The molecule has 384 valence electrons. The minimum absolute atomic E-state index is 0.0480. The first-order valence-electron chi connectivity index (χ1n) is 24.4. The SMILES string of the molecule is O=C(CNc1cc(C(=O)NCC(O)CN2CCc3ccccc3C2)ncn1)NCCCCCCC(=O)NC(Cc1ccccc1)C(=O)N1CC(=Cc2ccc([N+](=O)[O-])cc2)C(=O)C(=Cc2ccc([N+](=O)[O-])cc2)C1. The number of piperidine rings is 1. The van der Waals surface area contributed by atoms with Crippen LogP contribution in [0.25, 0.3) is 12.2 Å². The maximum atomic E-state index is 14.5. The summed E-state index contributed by atoms with van der Waals surface area (Å²) < 4.78 is 0. The number of Topliss-reactive ketones (excluding diaryl/α,β-unsaturated/α-hetero) is 1. The number of unbranched alkanes of at least 4 members (excludes halogenated alkanes) is 3. The quantitative estimate of drug-likeness (QED) is 0.0243. The second-order valence-corrected chi connectivity index (χ2v) is 18.1. The van der Waals surface area contributed by atoms with E-state index in [2.05, 4.69) is 48.3 Å². The molecule has 4 aromatic carbocycles. The molecule has 0 saturated carbocycles. The number of aliphatic hydroxyl groups is 1. The fraction of sp³-hybridized carbons (Fsp3) is 0.315. The van der Waals surface area contributed by atoms with Crippen LogP contribution in [0.15, 0.2) is 127 Å². The van der Waals surface area contributed by atoms with Gasteiger partial charge >= 0.3 is 0 Å². The predicted octanol–water partition coefficient (Wildman–Crippen LogP) is 5.23. The lowest BCUT2D eigenvalue weighted by molar-refractivity contribution is -0.385. The van der Waals surface area contributed by atoms with Crippen molar-refractivity contribution in [1.82, 2.24) is 35.7 Å². The van der Waals surface area contributed by atoms with E-state index in [1.54, 1.807) is 12.2 Å². The van der Waals surface area contributed by atoms with Crippen LogP contribution in [0.5, 0.6) is 0 Å². The third-order valence-electron chi connectivity index (χ3n) is 12.6. The van der Waals surface area contributed by atoms with E-state index in [0.29, 0.717) is 49.9 Å². The highest BCUT2D eigenvalue weighted by atomic mass is 16.6. The summed E-state index contributed by atoms with van der Waals surface area (Å²) in [5.74, 6) is -1.61. The summed E-state index contributed by atoms with van der Waals surface area (Å²) in [6.07, 6.45) is 7.35. The molecule has 0 bridgehead atoms. The monoisotopic (exact) mass is 1010 g/mol. The van der Waals surface area contributed by atoms with Crippen LogP contribution < -0.4 is 21.3 Å². The second-order valence-electron chi connectivity index (χ2n) is 18.1. The van der Waals surface area contributed by atoms with Crippen LogP contribution in [0.3, 0.4) is 0 Å². The molecule has 20 nitrogen and oxygen atoms in total. The Morgan fingerprint density at radius 2 is 1.35 bits per heavy atom. The van der Waals surface area contributed by atoms with Gasteiger partial charge in [-0.2, -0.15) is 0 Å². The number of hydrogen-bond acceptors (Lipinski definition) is 14. The van der Waals surface area contributed by atoms with E-state index in [-0.39, 0.29) is 90.7 Å². The number of benzene rings is 4. The van der Waals surface area contributed by atoms with Gasteiger partial charge in [0.25, 0.3) is 17.3 Å². The Morgan fingerprint density at radius 1 is 0.730 bits per heavy atom. The van der Waals surface area contributed by atoms with Crippen LogP contribution in [-0.2, 0) is 38.6 Å². The van der Waals surface area contributed by atoms with E-state index < -0.39 is 33.8 Å². The first-order valence-corrected chi connectivity index (χ1v) is 24.4. The van der Waals surface area contributed by atoms with Gasteiger partial charge in [0.1, 0.15) is 23.9 Å². The van der Waals surface area contributed by atoms with E-state index in [1.807, 2.05) is 42.5 Å². The molecule has 0 spiro atoms. The fourth-order valence-electron chi connectivity index (χ4n) is 8.70.